The Kier molecular flexibility index (Phi) is 9.16. The number of unbranched alkanes of at least 4 members (excludes halogenated alkanes) is 3. The molecule has 0 aromatic heterocycles. The van der Waals surface area contributed by atoms with Gasteiger partial charge in [-0.05, 0) is 37.3 Å². The summed E-state index contributed by atoms with van der Waals surface area (Å²) in [6, 6.07) is 8.59. The Labute approximate surface area is 133 Å². The van der Waals surface area contributed by atoms with E-state index in [2.05, 4.69) is 31.2 Å². The number of benzene rings is 1. The molecule has 0 spiro atoms. The third kappa shape index (κ3) is 8.11. The van der Waals surface area contributed by atoms with Gasteiger partial charge in [0.25, 0.3) is 0 Å². The van der Waals surface area contributed by atoms with E-state index >= 15 is 0 Å². The normalized spacial score (nSPS) is 12.1. The Bertz CT molecular complexity index is 400. The molecule has 118 valence electrons. The monoisotopic (exact) mass is 310 g/mol. The topological polar surface area (TPSA) is 26.3 Å². The van der Waals surface area contributed by atoms with Gasteiger partial charge in [0, 0.05) is 5.38 Å². The average molecular weight is 311 g/mol. The number of carbonyl (C=O) groups excluding carboxylic acids is 1. The predicted molar refractivity (Wildman–Crippen MR) is 88.9 cm³/mol. The fourth-order valence-electron chi connectivity index (χ4n) is 2.33. The first kappa shape index (κ1) is 18.0. The molecule has 1 unspecified atom stereocenters. The van der Waals surface area contributed by atoms with E-state index in [1.807, 2.05) is 0 Å². The molecule has 0 saturated carbocycles. The molecule has 0 amide bonds. The molecule has 2 nitrogen and oxygen atoms in total. The molecule has 0 radical (unpaired) electrons. The van der Waals surface area contributed by atoms with Gasteiger partial charge in [-0.3, -0.25) is 4.79 Å². The largest absolute Gasteiger partial charge is 0.466 e. The zero-order valence-corrected chi connectivity index (χ0v) is 14.0. The first-order valence-corrected chi connectivity index (χ1v) is 8.46. The first-order chi connectivity index (χ1) is 10.2. The number of aryl methyl sites for hydroxylation is 1. The molecular weight excluding hydrogens is 284 g/mol. The van der Waals surface area contributed by atoms with Crippen molar-refractivity contribution in [3.8, 4) is 0 Å². The molecule has 0 aliphatic rings. The molecule has 0 saturated heterocycles. The van der Waals surface area contributed by atoms with Crippen LogP contribution >= 0.6 is 11.6 Å². The van der Waals surface area contributed by atoms with Gasteiger partial charge in [-0.15, -0.1) is 11.6 Å². The smallest absolute Gasteiger partial charge is 0.307 e. The maximum atomic E-state index is 11.4. The minimum Gasteiger partial charge on any atom is -0.466 e. The van der Waals surface area contributed by atoms with Crippen molar-refractivity contribution < 1.29 is 9.53 Å². The van der Waals surface area contributed by atoms with Gasteiger partial charge in [-0.25, -0.2) is 0 Å². The summed E-state index contributed by atoms with van der Waals surface area (Å²) < 4.78 is 4.91. The van der Waals surface area contributed by atoms with Crippen molar-refractivity contribution in [3.05, 3.63) is 35.4 Å². The lowest BCUT2D eigenvalue weighted by atomic mass is 10.0. The SMILES string of the molecule is CCCCCCc1ccc(CC(Cl)CC(=O)OCC)cc1. The Morgan fingerprint density at radius 3 is 2.38 bits per heavy atom. The van der Waals surface area contributed by atoms with E-state index in [0.717, 1.165) is 6.42 Å². The number of rotatable bonds is 10. The van der Waals surface area contributed by atoms with Crippen molar-refractivity contribution >= 4 is 17.6 Å². The van der Waals surface area contributed by atoms with Crippen LogP contribution in [0.25, 0.3) is 0 Å². The molecule has 0 bridgehead atoms. The van der Waals surface area contributed by atoms with Crippen molar-refractivity contribution in [1.82, 2.24) is 0 Å². The van der Waals surface area contributed by atoms with E-state index in [1.165, 1.54) is 36.8 Å². The van der Waals surface area contributed by atoms with Crippen LogP contribution < -0.4 is 0 Å². The highest BCUT2D eigenvalue weighted by atomic mass is 35.5. The third-order valence-electron chi connectivity index (χ3n) is 3.49. The minimum absolute atomic E-state index is 0.195. The van der Waals surface area contributed by atoms with Crippen LogP contribution in [0.1, 0.15) is 57.1 Å². The Morgan fingerprint density at radius 2 is 1.76 bits per heavy atom. The number of hydrogen-bond donors (Lipinski definition) is 0. The summed E-state index contributed by atoms with van der Waals surface area (Å²) in [5.74, 6) is -0.218. The average Bonchev–Trinajstić information content (AvgIpc) is 2.45. The van der Waals surface area contributed by atoms with Gasteiger partial charge >= 0.3 is 5.97 Å². The molecule has 1 aromatic carbocycles. The van der Waals surface area contributed by atoms with Gasteiger partial charge in [0.15, 0.2) is 0 Å². The van der Waals surface area contributed by atoms with Crippen LogP contribution in [0.5, 0.6) is 0 Å². The molecule has 0 aliphatic heterocycles. The predicted octanol–water partition coefficient (Wildman–Crippen LogP) is 4.91. The standard InChI is InChI=1S/C18H27ClO2/c1-3-5-6-7-8-15-9-11-16(12-10-15)13-17(19)14-18(20)21-4-2/h9-12,17H,3-8,13-14H2,1-2H3. The minimum atomic E-state index is -0.218. The van der Waals surface area contributed by atoms with Crippen molar-refractivity contribution in [1.29, 1.82) is 0 Å². The molecular formula is C18H27ClO2. The summed E-state index contributed by atoms with van der Waals surface area (Å²) in [5, 5.41) is -0.195. The van der Waals surface area contributed by atoms with E-state index in [1.54, 1.807) is 6.92 Å². The summed E-state index contributed by atoms with van der Waals surface area (Å²) in [7, 11) is 0. The second-order valence-corrected chi connectivity index (χ2v) is 6.05. The number of halogens is 1. The highest BCUT2D eigenvalue weighted by molar-refractivity contribution is 6.21. The Morgan fingerprint density at radius 1 is 1.10 bits per heavy atom. The van der Waals surface area contributed by atoms with Crippen molar-refractivity contribution in [3.63, 3.8) is 0 Å². The second-order valence-electron chi connectivity index (χ2n) is 5.44. The lowest BCUT2D eigenvalue weighted by Gasteiger charge is -2.09. The van der Waals surface area contributed by atoms with E-state index in [4.69, 9.17) is 16.3 Å². The first-order valence-electron chi connectivity index (χ1n) is 8.03. The van der Waals surface area contributed by atoms with Gasteiger partial charge < -0.3 is 4.74 Å². The summed E-state index contributed by atoms with van der Waals surface area (Å²) >= 11 is 6.20. The van der Waals surface area contributed by atoms with E-state index < -0.39 is 0 Å². The molecule has 1 aromatic rings. The number of ether oxygens (including phenoxy) is 1. The number of alkyl halides is 1. The van der Waals surface area contributed by atoms with E-state index in [9.17, 15) is 4.79 Å². The maximum Gasteiger partial charge on any atom is 0.307 e. The van der Waals surface area contributed by atoms with Gasteiger partial charge in [-0.2, -0.15) is 0 Å². The number of hydrogen-bond acceptors (Lipinski definition) is 2. The van der Waals surface area contributed by atoms with Crippen LogP contribution in [0, 0.1) is 0 Å². The van der Waals surface area contributed by atoms with Crippen LogP contribution in [-0.2, 0) is 22.4 Å². The van der Waals surface area contributed by atoms with Gasteiger partial charge in [0.05, 0.1) is 13.0 Å². The van der Waals surface area contributed by atoms with Crippen LogP contribution in [0.3, 0.4) is 0 Å². The fourth-order valence-corrected chi connectivity index (χ4v) is 2.63. The zero-order chi connectivity index (χ0) is 15.5. The highest BCUT2D eigenvalue weighted by Crippen LogP contribution is 2.15. The fraction of sp³-hybridized carbons (Fsp3) is 0.611. The van der Waals surface area contributed by atoms with Crippen LogP contribution in [0.15, 0.2) is 24.3 Å². The zero-order valence-electron chi connectivity index (χ0n) is 13.2. The molecule has 1 atom stereocenters. The van der Waals surface area contributed by atoms with E-state index in [0.29, 0.717) is 13.0 Å². The maximum absolute atomic E-state index is 11.4. The van der Waals surface area contributed by atoms with Crippen molar-refractivity contribution in [2.75, 3.05) is 6.61 Å². The van der Waals surface area contributed by atoms with Crippen LogP contribution in [0.2, 0.25) is 0 Å². The summed E-state index contributed by atoms with van der Waals surface area (Å²) in [6.07, 6.45) is 7.28. The quantitative estimate of drug-likeness (QED) is 0.348. The molecule has 0 fully saturated rings. The van der Waals surface area contributed by atoms with Crippen molar-refractivity contribution in [2.45, 2.75) is 64.2 Å². The van der Waals surface area contributed by atoms with Gasteiger partial charge in [0.1, 0.15) is 0 Å². The Balaban J connectivity index is 2.34. The molecule has 0 N–H and O–H groups in total. The molecule has 0 heterocycles. The highest BCUT2D eigenvalue weighted by Gasteiger charge is 2.12. The molecule has 1 rings (SSSR count). The van der Waals surface area contributed by atoms with Crippen molar-refractivity contribution in [2.24, 2.45) is 0 Å². The van der Waals surface area contributed by atoms with Gasteiger partial charge in [-0.1, -0.05) is 50.5 Å². The van der Waals surface area contributed by atoms with Crippen LogP contribution in [-0.4, -0.2) is 18.0 Å². The number of carbonyl (C=O) groups is 1. The summed E-state index contributed by atoms with van der Waals surface area (Å²) in [6.45, 7) is 4.45. The summed E-state index contributed by atoms with van der Waals surface area (Å²) in [4.78, 5) is 11.4. The van der Waals surface area contributed by atoms with Crippen LogP contribution in [0.4, 0.5) is 0 Å². The molecule has 21 heavy (non-hydrogen) atoms. The molecule has 0 aliphatic carbocycles. The third-order valence-corrected chi connectivity index (χ3v) is 3.80. The second kappa shape index (κ2) is 10.7. The lowest BCUT2D eigenvalue weighted by Crippen LogP contribution is -2.13. The Hall–Kier alpha value is -1.02. The summed E-state index contributed by atoms with van der Waals surface area (Å²) in [5.41, 5.74) is 2.56. The van der Waals surface area contributed by atoms with Gasteiger partial charge in [0.2, 0.25) is 0 Å². The van der Waals surface area contributed by atoms with E-state index in [-0.39, 0.29) is 17.8 Å². The molecule has 3 heteroatoms. The number of esters is 1. The lowest BCUT2D eigenvalue weighted by molar-refractivity contribution is -0.143.